The number of halogens is 4. The predicted octanol–water partition coefficient (Wildman–Crippen LogP) is 3.20. The molecule has 3 nitrogen and oxygen atoms in total. The molecule has 1 unspecified atom stereocenters. The van der Waals surface area contributed by atoms with Gasteiger partial charge in [-0.25, -0.2) is 4.39 Å². The average molecular weight is 301 g/mol. The van der Waals surface area contributed by atoms with Crippen LogP contribution in [0.3, 0.4) is 0 Å². The summed E-state index contributed by atoms with van der Waals surface area (Å²) in [4.78, 5) is 0. The summed E-state index contributed by atoms with van der Waals surface area (Å²) in [5.41, 5.74) is 0.669. The lowest BCUT2D eigenvalue weighted by Crippen LogP contribution is -2.21. The Bertz CT molecular complexity index is 646. The van der Waals surface area contributed by atoms with Gasteiger partial charge >= 0.3 is 6.18 Å². The van der Waals surface area contributed by atoms with Crippen molar-refractivity contribution in [3.05, 3.63) is 52.6 Å². The number of aryl methyl sites for hydroxylation is 2. The zero-order valence-electron chi connectivity index (χ0n) is 11.8. The van der Waals surface area contributed by atoms with Gasteiger partial charge in [-0.15, -0.1) is 0 Å². The molecule has 21 heavy (non-hydrogen) atoms. The zero-order valence-corrected chi connectivity index (χ0v) is 11.8. The largest absolute Gasteiger partial charge is 0.419 e. The smallest absolute Gasteiger partial charge is 0.308 e. The quantitative estimate of drug-likeness (QED) is 0.882. The molecule has 1 N–H and O–H groups in total. The van der Waals surface area contributed by atoms with Gasteiger partial charge in [-0.2, -0.15) is 18.3 Å². The minimum atomic E-state index is -4.69. The van der Waals surface area contributed by atoms with E-state index in [9.17, 15) is 17.6 Å². The summed E-state index contributed by atoms with van der Waals surface area (Å²) in [7, 11) is 3.38. The van der Waals surface area contributed by atoms with Crippen LogP contribution in [0.5, 0.6) is 0 Å². The molecule has 1 aromatic carbocycles. The van der Waals surface area contributed by atoms with Crippen molar-refractivity contribution in [2.45, 2.75) is 19.1 Å². The van der Waals surface area contributed by atoms with Crippen LogP contribution in [-0.2, 0) is 13.2 Å². The molecule has 0 aliphatic carbocycles. The summed E-state index contributed by atoms with van der Waals surface area (Å²) in [5, 5.41) is 7.15. The Morgan fingerprint density at radius 2 is 1.90 bits per heavy atom. The maximum absolute atomic E-state index is 13.7. The Morgan fingerprint density at radius 1 is 1.24 bits per heavy atom. The maximum atomic E-state index is 13.7. The molecule has 0 aliphatic heterocycles. The molecule has 114 valence electrons. The van der Waals surface area contributed by atoms with Gasteiger partial charge in [0.2, 0.25) is 0 Å². The Labute approximate surface area is 119 Å². The number of rotatable bonds is 3. The first-order valence-electron chi connectivity index (χ1n) is 6.28. The fraction of sp³-hybridized carbons (Fsp3) is 0.357. The molecule has 2 rings (SSSR count). The fourth-order valence-corrected chi connectivity index (χ4v) is 2.33. The van der Waals surface area contributed by atoms with E-state index in [0.717, 1.165) is 23.5 Å². The molecule has 0 bridgehead atoms. The van der Waals surface area contributed by atoms with E-state index in [1.165, 1.54) is 6.07 Å². The predicted molar refractivity (Wildman–Crippen MR) is 70.2 cm³/mol. The molecule has 1 atom stereocenters. The second kappa shape index (κ2) is 5.48. The molecule has 1 heterocycles. The summed E-state index contributed by atoms with van der Waals surface area (Å²) >= 11 is 0. The summed E-state index contributed by atoms with van der Waals surface area (Å²) in [6, 6.07) is 4.31. The second-order valence-corrected chi connectivity index (χ2v) is 4.79. The minimum absolute atomic E-state index is 0.408. The van der Waals surface area contributed by atoms with Crippen molar-refractivity contribution < 1.29 is 17.6 Å². The minimum Gasteiger partial charge on any atom is -0.308 e. The van der Waals surface area contributed by atoms with E-state index in [-0.39, 0.29) is 0 Å². The molecule has 2 aromatic rings. The van der Waals surface area contributed by atoms with Gasteiger partial charge in [0.1, 0.15) is 5.82 Å². The molecule has 0 fully saturated rings. The highest BCUT2D eigenvalue weighted by Crippen LogP contribution is 2.33. The van der Waals surface area contributed by atoms with Crippen molar-refractivity contribution in [2.75, 3.05) is 7.05 Å². The Balaban J connectivity index is 2.45. The van der Waals surface area contributed by atoms with Crippen molar-refractivity contribution >= 4 is 0 Å². The number of benzene rings is 1. The van der Waals surface area contributed by atoms with E-state index >= 15 is 0 Å². The molecule has 0 amide bonds. The van der Waals surface area contributed by atoms with Gasteiger partial charge in [0, 0.05) is 7.05 Å². The summed E-state index contributed by atoms with van der Waals surface area (Å²) in [6.45, 7) is 1.81. The Morgan fingerprint density at radius 3 is 2.33 bits per heavy atom. The lowest BCUT2D eigenvalue weighted by Gasteiger charge is -2.18. The summed E-state index contributed by atoms with van der Waals surface area (Å²) in [6.07, 6.45) is -4.69. The highest BCUT2D eigenvalue weighted by Gasteiger charge is 2.34. The van der Waals surface area contributed by atoms with Crippen molar-refractivity contribution in [3.8, 4) is 0 Å². The highest BCUT2D eigenvalue weighted by atomic mass is 19.4. The molecule has 0 aliphatic rings. The number of hydrogen-bond donors (Lipinski definition) is 1. The summed E-state index contributed by atoms with van der Waals surface area (Å²) in [5.74, 6) is -1.28. The molecule has 1 aromatic heterocycles. The van der Waals surface area contributed by atoms with Crippen molar-refractivity contribution in [1.82, 2.24) is 15.1 Å². The standard InChI is InChI=1S/C14H15F4N3/c1-8-6-12(21(3)20-8)13(19-2)9-4-5-10(11(15)7-9)14(16,17)18/h4-7,13,19H,1-3H3. The monoisotopic (exact) mass is 301 g/mol. The first-order valence-corrected chi connectivity index (χ1v) is 6.28. The first kappa shape index (κ1) is 15.5. The van der Waals surface area contributed by atoms with Crippen molar-refractivity contribution in [1.29, 1.82) is 0 Å². The van der Waals surface area contributed by atoms with Crippen LogP contribution in [0, 0.1) is 12.7 Å². The van der Waals surface area contributed by atoms with Crippen molar-refractivity contribution in [3.63, 3.8) is 0 Å². The van der Waals surface area contributed by atoms with E-state index in [4.69, 9.17) is 0 Å². The molecule has 0 spiro atoms. The topological polar surface area (TPSA) is 29.9 Å². The molecular formula is C14H15F4N3. The lowest BCUT2D eigenvalue weighted by molar-refractivity contribution is -0.140. The van der Waals surface area contributed by atoms with Gasteiger partial charge in [0.15, 0.2) is 0 Å². The van der Waals surface area contributed by atoms with Gasteiger partial charge in [-0.1, -0.05) is 6.07 Å². The van der Waals surface area contributed by atoms with E-state index in [2.05, 4.69) is 10.4 Å². The number of hydrogen-bond acceptors (Lipinski definition) is 2. The molecule has 0 saturated carbocycles. The van der Waals surface area contributed by atoms with E-state index in [1.807, 2.05) is 6.92 Å². The van der Waals surface area contributed by atoms with Gasteiger partial charge in [0.25, 0.3) is 0 Å². The van der Waals surface area contributed by atoms with Gasteiger partial charge in [-0.05, 0) is 37.7 Å². The first-order chi connectivity index (χ1) is 9.74. The van der Waals surface area contributed by atoms with E-state index in [0.29, 0.717) is 5.56 Å². The molecular weight excluding hydrogens is 286 g/mol. The number of aromatic nitrogens is 2. The number of nitrogens with one attached hydrogen (secondary N) is 1. The van der Waals surface area contributed by atoms with Crippen LogP contribution >= 0.6 is 0 Å². The molecule has 0 saturated heterocycles. The normalized spacial score (nSPS) is 13.5. The van der Waals surface area contributed by atoms with E-state index < -0.39 is 23.6 Å². The van der Waals surface area contributed by atoms with Crippen LogP contribution in [0.15, 0.2) is 24.3 Å². The third-order valence-electron chi connectivity index (χ3n) is 3.25. The molecule has 7 heteroatoms. The van der Waals surface area contributed by atoms with Crippen LogP contribution in [-0.4, -0.2) is 16.8 Å². The van der Waals surface area contributed by atoms with Crippen LogP contribution in [0.1, 0.15) is 28.6 Å². The van der Waals surface area contributed by atoms with Gasteiger partial charge in [-0.3, -0.25) is 4.68 Å². The summed E-state index contributed by atoms with van der Waals surface area (Å²) < 4.78 is 53.1. The maximum Gasteiger partial charge on any atom is 0.419 e. The Hall–Kier alpha value is -1.89. The van der Waals surface area contributed by atoms with Crippen LogP contribution < -0.4 is 5.32 Å². The third-order valence-corrected chi connectivity index (χ3v) is 3.25. The SMILES string of the molecule is CNC(c1ccc(C(F)(F)F)c(F)c1)c1cc(C)nn1C. The second-order valence-electron chi connectivity index (χ2n) is 4.79. The Kier molecular flexibility index (Phi) is 4.04. The fourth-order valence-electron chi connectivity index (χ4n) is 2.33. The van der Waals surface area contributed by atoms with Crippen LogP contribution in [0.25, 0.3) is 0 Å². The van der Waals surface area contributed by atoms with E-state index in [1.54, 1.807) is 24.8 Å². The van der Waals surface area contributed by atoms with Crippen molar-refractivity contribution in [2.24, 2.45) is 7.05 Å². The zero-order chi connectivity index (χ0) is 15.8. The average Bonchev–Trinajstić information content (AvgIpc) is 2.68. The molecule has 0 radical (unpaired) electrons. The van der Waals surface area contributed by atoms with Gasteiger partial charge < -0.3 is 5.32 Å². The lowest BCUT2D eigenvalue weighted by atomic mass is 10.0. The number of alkyl halides is 3. The third kappa shape index (κ3) is 3.07. The highest BCUT2D eigenvalue weighted by molar-refractivity contribution is 5.33. The number of nitrogens with zero attached hydrogens (tertiary/aromatic N) is 2. The van der Waals surface area contributed by atoms with Crippen LogP contribution in [0.4, 0.5) is 17.6 Å². The van der Waals surface area contributed by atoms with Gasteiger partial charge in [0.05, 0.1) is 23.0 Å². The van der Waals surface area contributed by atoms with Crippen LogP contribution in [0.2, 0.25) is 0 Å².